The summed E-state index contributed by atoms with van der Waals surface area (Å²) >= 11 is 0. The molecule has 8 nitrogen and oxygen atoms in total. The quantitative estimate of drug-likeness (QED) is 0.264. The average Bonchev–Trinajstić information content (AvgIpc) is 3.26. The van der Waals surface area contributed by atoms with E-state index in [1.54, 1.807) is 13.2 Å². The zero-order valence-corrected chi connectivity index (χ0v) is 21.5. The van der Waals surface area contributed by atoms with Crippen LogP contribution in [0.5, 0.6) is 0 Å². The van der Waals surface area contributed by atoms with Gasteiger partial charge in [-0.1, -0.05) is 36.8 Å². The summed E-state index contributed by atoms with van der Waals surface area (Å²) in [5.74, 6) is 2.22. The number of benzene rings is 1. The number of piperidine rings is 1. The van der Waals surface area contributed by atoms with Crippen molar-refractivity contribution in [2.75, 3.05) is 33.2 Å². The summed E-state index contributed by atoms with van der Waals surface area (Å²) in [5.41, 5.74) is 2.23. The third-order valence-corrected chi connectivity index (χ3v) is 5.39. The van der Waals surface area contributed by atoms with Crippen molar-refractivity contribution in [3.63, 3.8) is 0 Å². The molecule has 1 aromatic heterocycles. The van der Waals surface area contributed by atoms with Gasteiger partial charge in [0.15, 0.2) is 11.7 Å². The molecule has 0 atom stereocenters. The number of aryl methyl sites for hydroxylation is 1. The topological polar surface area (TPSA) is 94.8 Å². The number of carbonyl (C=O) groups is 1. The minimum Gasteiger partial charge on any atom is -0.439 e. The second-order valence-electron chi connectivity index (χ2n) is 7.95. The number of halogens is 1. The number of likely N-dealkylation sites (tertiary alicyclic amines) is 1. The fraction of sp³-hybridized carbons (Fsp3) is 0.522. The van der Waals surface area contributed by atoms with Gasteiger partial charge in [-0.25, -0.2) is 4.98 Å². The number of nitrogens with zero attached hydrogens (tertiary/aromatic N) is 3. The molecule has 2 heterocycles. The molecular formula is C23H35IN6O2. The second-order valence-corrected chi connectivity index (χ2v) is 7.95. The molecule has 3 rings (SSSR count). The van der Waals surface area contributed by atoms with Crippen LogP contribution in [0.1, 0.15) is 37.6 Å². The third kappa shape index (κ3) is 8.09. The van der Waals surface area contributed by atoms with Crippen LogP contribution in [0.15, 0.2) is 39.9 Å². The maximum atomic E-state index is 11.9. The lowest BCUT2D eigenvalue weighted by atomic mass is 10.1. The van der Waals surface area contributed by atoms with E-state index in [1.807, 2.05) is 12.1 Å². The first-order valence-corrected chi connectivity index (χ1v) is 11.1. The molecule has 2 aromatic rings. The number of nitrogens with one attached hydrogen (secondary N) is 3. The van der Waals surface area contributed by atoms with E-state index < -0.39 is 0 Å². The lowest BCUT2D eigenvalue weighted by Crippen LogP contribution is -2.50. The summed E-state index contributed by atoms with van der Waals surface area (Å²) in [5, 5.41) is 9.69. The van der Waals surface area contributed by atoms with E-state index in [-0.39, 0.29) is 29.9 Å². The van der Waals surface area contributed by atoms with Crippen molar-refractivity contribution in [2.24, 2.45) is 4.99 Å². The highest BCUT2D eigenvalue weighted by molar-refractivity contribution is 14.0. The second kappa shape index (κ2) is 13.4. The lowest BCUT2D eigenvalue weighted by Gasteiger charge is -2.32. The SMILES string of the molecule is CCCNC(=O)CN1CCC(NC(=NC)NCc2ncc(-c3ccc(C)cc3)o2)CC1.I. The number of oxazole rings is 1. The highest BCUT2D eigenvalue weighted by Crippen LogP contribution is 2.20. The van der Waals surface area contributed by atoms with Crippen molar-refractivity contribution in [1.29, 1.82) is 0 Å². The Bertz CT molecular complexity index is 860. The van der Waals surface area contributed by atoms with Crippen LogP contribution >= 0.6 is 24.0 Å². The molecule has 3 N–H and O–H groups in total. The van der Waals surface area contributed by atoms with Crippen molar-refractivity contribution >= 4 is 35.8 Å². The zero-order chi connectivity index (χ0) is 22.1. The predicted octanol–water partition coefficient (Wildman–Crippen LogP) is 2.92. The van der Waals surface area contributed by atoms with E-state index in [2.05, 4.69) is 56.8 Å². The van der Waals surface area contributed by atoms with E-state index in [9.17, 15) is 4.79 Å². The molecule has 32 heavy (non-hydrogen) atoms. The van der Waals surface area contributed by atoms with Crippen LogP contribution in [0, 0.1) is 6.92 Å². The number of aliphatic imine (C=N–C) groups is 1. The van der Waals surface area contributed by atoms with Gasteiger partial charge < -0.3 is 20.4 Å². The first kappa shape index (κ1) is 26.1. The smallest absolute Gasteiger partial charge is 0.234 e. The number of rotatable bonds is 8. The number of aromatic nitrogens is 1. The summed E-state index contributed by atoms with van der Waals surface area (Å²) in [7, 11) is 1.76. The molecule has 0 aliphatic carbocycles. The number of carbonyl (C=O) groups excluding carboxylic acids is 1. The van der Waals surface area contributed by atoms with Gasteiger partial charge in [0.2, 0.25) is 11.8 Å². The molecule has 1 aliphatic rings. The summed E-state index contributed by atoms with van der Waals surface area (Å²) < 4.78 is 5.87. The first-order chi connectivity index (χ1) is 15.1. The summed E-state index contributed by atoms with van der Waals surface area (Å²) in [4.78, 5) is 22.8. The maximum absolute atomic E-state index is 11.9. The highest BCUT2D eigenvalue weighted by Gasteiger charge is 2.21. The lowest BCUT2D eigenvalue weighted by molar-refractivity contribution is -0.122. The van der Waals surface area contributed by atoms with E-state index >= 15 is 0 Å². The van der Waals surface area contributed by atoms with Gasteiger partial charge in [-0.05, 0) is 26.2 Å². The predicted molar refractivity (Wildman–Crippen MR) is 138 cm³/mol. The highest BCUT2D eigenvalue weighted by atomic mass is 127. The number of guanidine groups is 1. The van der Waals surface area contributed by atoms with Crippen LogP contribution < -0.4 is 16.0 Å². The van der Waals surface area contributed by atoms with Crippen LogP contribution in [-0.4, -0.2) is 61.0 Å². The van der Waals surface area contributed by atoms with E-state index in [0.717, 1.165) is 56.2 Å². The summed E-state index contributed by atoms with van der Waals surface area (Å²) in [6.45, 7) is 7.60. The van der Waals surface area contributed by atoms with Gasteiger partial charge in [0.25, 0.3) is 0 Å². The minimum absolute atomic E-state index is 0. The molecule has 0 spiro atoms. The Morgan fingerprint density at radius 1 is 1.22 bits per heavy atom. The fourth-order valence-electron chi connectivity index (χ4n) is 3.55. The van der Waals surface area contributed by atoms with Crippen LogP contribution in [0.3, 0.4) is 0 Å². The van der Waals surface area contributed by atoms with Gasteiger partial charge >= 0.3 is 0 Å². The van der Waals surface area contributed by atoms with Gasteiger partial charge in [-0.3, -0.25) is 14.7 Å². The fourth-order valence-corrected chi connectivity index (χ4v) is 3.55. The monoisotopic (exact) mass is 554 g/mol. The Morgan fingerprint density at radius 3 is 2.59 bits per heavy atom. The Balaban J connectivity index is 0.00000363. The molecule has 1 amide bonds. The minimum atomic E-state index is 0. The molecule has 1 aromatic carbocycles. The molecule has 1 saturated heterocycles. The molecule has 0 unspecified atom stereocenters. The Kier molecular flexibility index (Phi) is 10.9. The van der Waals surface area contributed by atoms with E-state index in [4.69, 9.17) is 4.42 Å². The first-order valence-electron chi connectivity index (χ1n) is 11.1. The maximum Gasteiger partial charge on any atom is 0.234 e. The zero-order valence-electron chi connectivity index (χ0n) is 19.2. The number of hydrogen-bond donors (Lipinski definition) is 3. The van der Waals surface area contributed by atoms with Crippen molar-refractivity contribution in [2.45, 2.75) is 45.7 Å². The van der Waals surface area contributed by atoms with Crippen LogP contribution in [0.2, 0.25) is 0 Å². The van der Waals surface area contributed by atoms with Crippen molar-refractivity contribution in [3.05, 3.63) is 41.9 Å². The van der Waals surface area contributed by atoms with Gasteiger partial charge in [0.05, 0.1) is 19.3 Å². The normalized spacial score (nSPS) is 15.2. The molecular weight excluding hydrogens is 519 g/mol. The van der Waals surface area contributed by atoms with E-state index in [1.165, 1.54) is 5.56 Å². The van der Waals surface area contributed by atoms with Gasteiger partial charge in [-0.15, -0.1) is 24.0 Å². The average molecular weight is 554 g/mol. The van der Waals surface area contributed by atoms with Gasteiger partial charge in [0, 0.05) is 38.3 Å². The van der Waals surface area contributed by atoms with Crippen molar-refractivity contribution < 1.29 is 9.21 Å². The third-order valence-electron chi connectivity index (χ3n) is 5.39. The van der Waals surface area contributed by atoms with Crippen molar-refractivity contribution in [1.82, 2.24) is 25.8 Å². The van der Waals surface area contributed by atoms with Crippen molar-refractivity contribution in [3.8, 4) is 11.3 Å². The molecule has 1 fully saturated rings. The standard InChI is InChI=1S/C23H34N6O2.HI/c1-4-11-25-21(30)16-29-12-9-19(10-13-29)28-23(24-3)27-15-22-26-14-20(31-22)18-7-5-17(2)6-8-18;/h5-8,14,19H,4,9-13,15-16H2,1-3H3,(H,25,30)(H2,24,27,28);1H. The Labute approximate surface area is 207 Å². The molecule has 0 radical (unpaired) electrons. The van der Waals surface area contributed by atoms with Crippen LogP contribution in [-0.2, 0) is 11.3 Å². The Hall–Kier alpha value is -2.14. The molecule has 0 saturated carbocycles. The molecule has 9 heteroatoms. The molecule has 0 bridgehead atoms. The van der Waals surface area contributed by atoms with Crippen LogP contribution in [0.4, 0.5) is 0 Å². The Morgan fingerprint density at radius 2 is 1.94 bits per heavy atom. The molecule has 1 aliphatic heterocycles. The number of hydrogen-bond acceptors (Lipinski definition) is 5. The van der Waals surface area contributed by atoms with Gasteiger partial charge in [0.1, 0.15) is 0 Å². The van der Waals surface area contributed by atoms with Gasteiger partial charge in [-0.2, -0.15) is 0 Å². The summed E-state index contributed by atoms with van der Waals surface area (Å²) in [6, 6.07) is 8.52. The molecule has 176 valence electrons. The van der Waals surface area contributed by atoms with E-state index in [0.29, 0.717) is 25.0 Å². The summed E-state index contributed by atoms with van der Waals surface area (Å²) in [6.07, 6.45) is 4.66. The van der Waals surface area contributed by atoms with Crippen LogP contribution in [0.25, 0.3) is 11.3 Å². The number of amides is 1. The largest absolute Gasteiger partial charge is 0.439 e.